The van der Waals surface area contributed by atoms with E-state index in [4.69, 9.17) is 11.6 Å². The SMILES string of the molecule is Cc1nn(C)cc1-c1c(-c2nc3cc(C(=O)N4C[C@@H]5C[C@H]4C(=O)N5)ccn3c2Cl)ccc(F)c1F. The minimum absolute atomic E-state index is 0.0105. The molecular formula is C24H19ClF2N6O2. The number of piperazine rings is 1. The van der Waals surface area contributed by atoms with Gasteiger partial charge in [0.05, 0.1) is 5.69 Å². The van der Waals surface area contributed by atoms with Crippen LogP contribution in [0.25, 0.3) is 28.0 Å². The number of halogens is 3. The van der Waals surface area contributed by atoms with Gasteiger partial charge in [0.15, 0.2) is 11.6 Å². The smallest absolute Gasteiger partial charge is 0.254 e. The third-order valence-electron chi connectivity index (χ3n) is 6.66. The molecular weight excluding hydrogens is 478 g/mol. The summed E-state index contributed by atoms with van der Waals surface area (Å²) < 4.78 is 32.4. The molecule has 1 aromatic carbocycles. The van der Waals surface area contributed by atoms with E-state index in [1.54, 1.807) is 47.8 Å². The van der Waals surface area contributed by atoms with Crippen molar-refractivity contribution in [3.05, 3.63) is 64.7 Å². The molecule has 0 aliphatic carbocycles. The summed E-state index contributed by atoms with van der Waals surface area (Å²) in [7, 11) is 1.69. The molecule has 5 heterocycles. The van der Waals surface area contributed by atoms with Gasteiger partial charge in [0.25, 0.3) is 5.91 Å². The van der Waals surface area contributed by atoms with E-state index in [1.165, 1.54) is 10.7 Å². The maximum absolute atomic E-state index is 15.1. The number of imidazole rings is 1. The molecule has 2 aliphatic rings. The topological polar surface area (TPSA) is 84.5 Å². The Balaban J connectivity index is 1.45. The van der Waals surface area contributed by atoms with Gasteiger partial charge in [-0.2, -0.15) is 5.10 Å². The second-order valence-electron chi connectivity index (χ2n) is 8.90. The van der Waals surface area contributed by atoms with Crippen molar-refractivity contribution in [2.75, 3.05) is 6.54 Å². The van der Waals surface area contributed by atoms with Crippen LogP contribution in [0.2, 0.25) is 5.15 Å². The van der Waals surface area contributed by atoms with Crippen molar-refractivity contribution in [1.29, 1.82) is 0 Å². The molecule has 1 N–H and O–H groups in total. The highest BCUT2D eigenvalue weighted by molar-refractivity contribution is 6.32. The minimum atomic E-state index is -1.02. The third-order valence-corrected chi connectivity index (χ3v) is 7.02. The molecule has 178 valence electrons. The number of nitrogens with one attached hydrogen (secondary N) is 1. The predicted molar refractivity (Wildman–Crippen MR) is 124 cm³/mol. The van der Waals surface area contributed by atoms with Crippen LogP contribution in [0.4, 0.5) is 8.78 Å². The highest BCUT2D eigenvalue weighted by Gasteiger charge is 2.46. The number of benzene rings is 1. The molecule has 0 unspecified atom stereocenters. The van der Waals surface area contributed by atoms with Crippen molar-refractivity contribution in [2.45, 2.75) is 25.4 Å². The van der Waals surface area contributed by atoms with Crippen LogP contribution < -0.4 is 5.32 Å². The normalized spacial score (nSPS) is 19.1. The van der Waals surface area contributed by atoms with Crippen molar-refractivity contribution in [3.63, 3.8) is 0 Å². The maximum atomic E-state index is 15.1. The number of likely N-dealkylation sites (tertiary alicyclic amines) is 1. The first-order chi connectivity index (χ1) is 16.7. The number of aromatic nitrogens is 4. The van der Waals surface area contributed by atoms with Crippen LogP contribution in [0, 0.1) is 18.6 Å². The average Bonchev–Trinajstić information content (AvgIpc) is 3.57. The first kappa shape index (κ1) is 21.7. The number of rotatable bonds is 3. The second kappa shape index (κ2) is 7.61. The third kappa shape index (κ3) is 3.23. The summed E-state index contributed by atoms with van der Waals surface area (Å²) in [6.45, 7) is 2.17. The van der Waals surface area contributed by atoms with Crippen molar-refractivity contribution < 1.29 is 18.4 Å². The Morgan fingerprint density at radius 1 is 1.23 bits per heavy atom. The Bertz CT molecular complexity index is 1560. The molecule has 2 amide bonds. The quantitative estimate of drug-likeness (QED) is 0.471. The molecule has 0 saturated carbocycles. The molecule has 2 bridgehead atoms. The number of aryl methyl sites for hydroxylation is 2. The number of nitrogens with zero attached hydrogens (tertiary/aromatic N) is 5. The van der Waals surface area contributed by atoms with E-state index in [1.807, 2.05) is 0 Å². The molecule has 2 atom stereocenters. The average molecular weight is 497 g/mol. The number of pyridine rings is 1. The van der Waals surface area contributed by atoms with E-state index in [2.05, 4.69) is 15.4 Å². The maximum Gasteiger partial charge on any atom is 0.254 e. The van der Waals surface area contributed by atoms with Crippen LogP contribution in [-0.4, -0.2) is 54.5 Å². The fourth-order valence-corrected chi connectivity index (χ4v) is 5.34. The molecule has 4 aromatic rings. The van der Waals surface area contributed by atoms with E-state index >= 15 is 4.39 Å². The van der Waals surface area contributed by atoms with Crippen molar-refractivity contribution >= 4 is 29.1 Å². The summed E-state index contributed by atoms with van der Waals surface area (Å²) in [5.74, 6) is -2.43. The zero-order valence-corrected chi connectivity index (χ0v) is 19.5. The van der Waals surface area contributed by atoms with Crippen LogP contribution in [0.3, 0.4) is 0 Å². The van der Waals surface area contributed by atoms with Crippen molar-refractivity contribution in [1.82, 2.24) is 29.4 Å². The van der Waals surface area contributed by atoms with Gasteiger partial charge in [0.2, 0.25) is 5.91 Å². The number of fused-ring (bicyclic) bond motifs is 3. The Labute approximate surface area is 203 Å². The van der Waals surface area contributed by atoms with Gasteiger partial charge >= 0.3 is 0 Å². The molecule has 0 radical (unpaired) electrons. The van der Waals surface area contributed by atoms with Gasteiger partial charge in [0, 0.05) is 54.3 Å². The molecule has 3 aromatic heterocycles. The zero-order valence-electron chi connectivity index (χ0n) is 18.7. The summed E-state index contributed by atoms with van der Waals surface area (Å²) in [5, 5.41) is 7.29. The van der Waals surface area contributed by atoms with Gasteiger partial charge in [-0.1, -0.05) is 11.6 Å². The highest BCUT2D eigenvalue weighted by atomic mass is 35.5. The van der Waals surface area contributed by atoms with Gasteiger partial charge in [0.1, 0.15) is 22.5 Å². The summed E-state index contributed by atoms with van der Waals surface area (Å²) in [6.07, 6.45) is 3.82. The lowest BCUT2D eigenvalue weighted by Gasteiger charge is -2.26. The molecule has 2 aliphatic heterocycles. The van der Waals surface area contributed by atoms with Crippen molar-refractivity contribution in [3.8, 4) is 22.4 Å². The van der Waals surface area contributed by atoms with Gasteiger partial charge in [-0.25, -0.2) is 13.8 Å². The highest BCUT2D eigenvalue weighted by Crippen LogP contribution is 2.39. The molecule has 2 fully saturated rings. The van der Waals surface area contributed by atoms with Crippen LogP contribution in [0.5, 0.6) is 0 Å². The van der Waals surface area contributed by atoms with Crippen LogP contribution in [-0.2, 0) is 11.8 Å². The van der Waals surface area contributed by atoms with E-state index < -0.39 is 17.7 Å². The summed E-state index contributed by atoms with van der Waals surface area (Å²) >= 11 is 6.63. The standard InChI is InChI=1S/C24H19ClF2N6O2/c1-11-15(10-31(2)30-11)19-14(3-4-16(26)20(19)27)21-22(25)32-6-5-12(7-18(32)29-21)24(35)33-9-13-8-17(33)23(34)28-13/h3-7,10,13,17H,8-9H2,1-2H3,(H,28,34)/t13-,17-/m0/s1. The van der Waals surface area contributed by atoms with E-state index in [0.29, 0.717) is 41.0 Å². The van der Waals surface area contributed by atoms with Crippen LogP contribution in [0.1, 0.15) is 22.5 Å². The number of amides is 2. The molecule has 8 nitrogen and oxygen atoms in total. The lowest BCUT2D eigenvalue weighted by molar-refractivity contribution is -0.124. The number of hydrogen-bond acceptors (Lipinski definition) is 4. The second-order valence-corrected chi connectivity index (χ2v) is 9.25. The fourth-order valence-electron chi connectivity index (χ4n) is 5.05. The molecule has 0 spiro atoms. The fraction of sp³-hybridized carbons (Fsp3) is 0.250. The largest absolute Gasteiger partial charge is 0.350 e. The lowest BCUT2D eigenvalue weighted by Crippen LogP contribution is -2.50. The Morgan fingerprint density at radius 3 is 2.71 bits per heavy atom. The summed E-state index contributed by atoms with van der Waals surface area (Å²) in [4.78, 5) is 31.3. The summed E-state index contributed by atoms with van der Waals surface area (Å²) in [6, 6.07) is 5.16. The first-order valence-corrected chi connectivity index (χ1v) is 11.4. The Kier molecular flexibility index (Phi) is 4.72. The number of carbonyl (C=O) groups excluding carboxylic acids is 2. The Hall–Kier alpha value is -3.79. The monoisotopic (exact) mass is 496 g/mol. The van der Waals surface area contributed by atoms with Gasteiger partial charge in [-0.15, -0.1) is 0 Å². The Morgan fingerprint density at radius 2 is 2.03 bits per heavy atom. The molecule has 35 heavy (non-hydrogen) atoms. The molecule has 2 saturated heterocycles. The van der Waals surface area contributed by atoms with Crippen LogP contribution >= 0.6 is 11.6 Å². The van der Waals surface area contributed by atoms with E-state index in [-0.39, 0.29) is 34.3 Å². The molecule has 11 heteroatoms. The van der Waals surface area contributed by atoms with Gasteiger partial charge in [-0.05, 0) is 37.6 Å². The van der Waals surface area contributed by atoms with E-state index in [9.17, 15) is 14.0 Å². The van der Waals surface area contributed by atoms with Gasteiger partial charge < -0.3 is 10.2 Å². The minimum Gasteiger partial charge on any atom is -0.350 e. The number of hydrogen-bond donors (Lipinski definition) is 1. The number of carbonyl (C=O) groups is 2. The van der Waals surface area contributed by atoms with Gasteiger partial charge in [-0.3, -0.25) is 18.7 Å². The van der Waals surface area contributed by atoms with Crippen molar-refractivity contribution in [2.24, 2.45) is 7.05 Å². The molecule has 6 rings (SSSR count). The van der Waals surface area contributed by atoms with E-state index in [0.717, 1.165) is 6.07 Å². The lowest BCUT2D eigenvalue weighted by atomic mass is 9.97. The predicted octanol–water partition coefficient (Wildman–Crippen LogP) is 3.35. The summed E-state index contributed by atoms with van der Waals surface area (Å²) in [5.41, 5.74) is 2.23. The zero-order chi connectivity index (χ0) is 24.6. The first-order valence-electron chi connectivity index (χ1n) is 11.0. The van der Waals surface area contributed by atoms with Crippen LogP contribution in [0.15, 0.2) is 36.7 Å².